The van der Waals surface area contributed by atoms with Crippen molar-refractivity contribution in [1.82, 2.24) is 14.1 Å². The molecule has 1 aromatic heterocycles. The summed E-state index contributed by atoms with van der Waals surface area (Å²) in [5.41, 5.74) is 2.91. The Bertz CT molecular complexity index is 1160. The van der Waals surface area contributed by atoms with Crippen molar-refractivity contribution in [2.45, 2.75) is 38.1 Å². The van der Waals surface area contributed by atoms with Crippen molar-refractivity contribution < 1.29 is 14.3 Å². The lowest BCUT2D eigenvalue weighted by molar-refractivity contribution is -0.162. The first-order valence-electron chi connectivity index (χ1n) is 9.81. The first kappa shape index (κ1) is 19.5. The number of hydrogen-bond donors (Lipinski definition) is 1. The van der Waals surface area contributed by atoms with Crippen molar-refractivity contribution in [3.8, 4) is 5.75 Å². The second-order valence-corrected chi connectivity index (χ2v) is 9.58. The number of aryl methyl sites for hydroxylation is 1. The van der Waals surface area contributed by atoms with Crippen LogP contribution >= 0.6 is 23.3 Å². The third-order valence-electron chi connectivity index (χ3n) is 6.14. The number of halogens is 1. The van der Waals surface area contributed by atoms with Gasteiger partial charge >= 0.3 is 0 Å². The fraction of sp³-hybridized carbons (Fsp3) is 0.364. The summed E-state index contributed by atoms with van der Waals surface area (Å²) in [6.45, 7) is 1.96. The minimum absolute atomic E-state index is 0.0203. The van der Waals surface area contributed by atoms with E-state index < -0.39 is 0 Å². The molecule has 1 N–H and O–H groups in total. The maximum absolute atomic E-state index is 12.6. The Hall–Kier alpha value is -2.51. The first-order valence-corrected chi connectivity index (χ1v) is 10.9. The van der Waals surface area contributed by atoms with Crippen LogP contribution in [0.25, 0.3) is 11.0 Å². The zero-order valence-electron chi connectivity index (χ0n) is 16.4. The topological polar surface area (TPSA) is 81.2 Å². The summed E-state index contributed by atoms with van der Waals surface area (Å²) in [5.74, 6) is 0.647. The van der Waals surface area contributed by atoms with E-state index in [1.807, 2.05) is 19.1 Å². The van der Waals surface area contributed by atoms with E-state index in [-0.39, 0.29) is 29.3 Å². The summed E-state index contributed by atoms with van der Waals surface area (Å²) in [6.07, 6.45) is 3.03. The number of Topliss-reactive ketones (excluding diaryl/α,β-unsaturated/α-hetero) is 1. The van der Waals surface area contributed by atoms with Crippen molar-refractivity contribution in [2.24, 2.45) is 5.41 Å². The second-order valence-electron chi connectivity index (χ2n) is 8.65. The molecule has 154 valence electrons. The molecule has 0 saturated heterocycles. The highest BCUT2D eigenvalue weighted by atomic mass is 35.5. The molecule has 6 rings (SSSR count). The van der Waals surface area contributed by atoms with Crippen molar-refractivity contribution in [1.29, 1.82) is 0 Å². The molecule has 0 atom stereocenters. The van der Waals surface area contributed by atoms with Gasteiger partial charge in [-0.2, -0.15) is 8.75 Å². The predicted molar refractivity (Wildman–Crippen MR) is 115 cm³/mol. The lowest BCUT2D eigenvalue weighted by Crippen LogP contribution is -2.75. The second kappa shape index (κ2) is 7.03. The molecular formula is C22H20ClN3O3S. The number of carbonyl (C=O) groups excluding carboxylic acids is 2. The number of nitrogens with one attached hydrogen (secondary N) is 1. The van der Waals surface area contributed by atoms with Crippen LogP contribution in [0.15, 0.2) is 36.4 Å². The van der Waals surface area contributed by atoms with Gasteiger partial charge in [0.05, 0.1) is 11.7 Å². The quantitative estimate of drug-likeness (QED) is 0.589. The van der Waals surface area contributed by atoms with E-state index in [1.165, 1.54) is 0 Å². The zero-order valence-corrected chi connectivity index (χ0v) is 18.0. The highest BCUT2D eigenvalue weighted by Gasteiger charge is 2.68. The Morgan fingerprint density at radius 2 is 1.90 bits per heavy atom. The van der Waals surface area contributed by atoms with Gasteiger partial charge < -0.3 is 10.1 Å². The first-order chi connectivity index (χ1) is 14.4. The highest BCUT2D eigenvalue weighted by molar-refractivity contribution is 7.00. The molecule has 0 aliphatic heterocycles. The molecule has 2 aromatic carbocycles. The summed E-state index contributed by atoms with van der Waals surface area (Å²) in [7, 11) is 0. The summed E-state index contributed by atoms with van der Waals surface area (Å²) in [4.78, 5) is 25.0. The number of fused-ring (bicyclic) bond motifs is 1. The lowest BCUT2D eigenvalue weighted by atomic mass is 9.38. The SMILES string of the molecule is Cc1cc(OCC(=O)CC23CC(NC(=O)c4ccc5nsnc5c4)(C2)C3)ccc1Cl. The average molecular weight is 442 g/mol. The van der Waals surface area contributed by atoms with E-state index >= 15 is 0 Å². The number of hydrogen-bond acceptors (Lipinski definition) is 6. The Kier molecular flexibility index (Phi) is 4.56. The minimum Gasteiger partial charge on any atom is -0.486 e. The molecule has 3 fully saturated rings. The predicted octanol–water partition coefficient (Wildman–Crippen LogP) is 4.34. The molecule has 0 unspecified atom stereocenters. The van der Waals surface area contributed by atoms with Crippen LogP contribution in [-0.2, 0) is 4.79 Å². The van der Waals surface area contributed by atoms with E-state index in [0.717, 1.165) is 47.6 Å². The van der Waals surface area contributed by atoms with Crippen molar-refractivity contribution in [3.63, 3.8) is 0 Å². The molecule has 30 heavy (non-hydrogen) atoms. The number of nitrogens with zero attached hydrogens (tertiary/aromatic N) is 2. The van der Waals surface area contributed by atoms with Gasteiger partial charge in [-0.05, 0) is 73.6 Å². The number of rotatable bonds is 7. The van der Waals surface area contributed by atoms with Crippen molar-refractivity contribution in [2.75, 3.05) is 6.61 Å². The van der Waals surface area contributed by atoms with Gasteiger partial charge in [-0.3, -0.25) is 9.59 Å². The Labute approximate surface area is 182 Å². The molecule has 1 amide bonds. The van der Waals surface area contributed by atoms with E-state index in [0.29, 0.717) is 22.8 Å². The van der Waals surface area contributed by atoms with Crippen LogP contribution in [-0.4, -0.2) is 32.6 Å². The zero-order chi connectivity index (χ0) is 20.9. The molecule has 0 radical (unpaired) electrons. The van der Waals surface area contributed by atoms with Gasteiger partial charge in [0, 0.05) is 22.5 Å². The van der Waals surface area contributed by atoms with Gasteiger partial charge in [0.25, 0.3) is 5.91 Å². The van der Waals surface area contributed by atoms with Crippen LogP contribution in [0.1, 0.15) is 41.6 Å². The summed E-state index contributed by atoms with van der Waals surface area (Å²) in [6, 6.07) is 10.7. The molecular weight excluding hydrogens is 422 g/mol. The number of aromatic nitrogens is 2. The van der Waals surface area contributed by atoms with Gasteiger partial charge in [-0.1, -0.05) is 11.6 Å². The third-order valence-corrected chi connectivity index (χ3v) is 7.12. The summed E-state index contributed by atoms with van der Waals surface area (Å²) in [5, 5.41) is 3.84. The van der Waals surface area contributed by atoms with Crippen LogP contribution in [0.3, 0.4) is 0 Å². The molecule has 3 aliphatic carbocycles. The Morgan fingerprint density at radius 3 is 2.67 bits per heavy atom. The maximum atomic E-state index is 12.6. The summed E-state index contributed by atoms with van der Waals surface area (Å²) >= 11 is 7.15. The van der Waals surface area contributed by atoms with Gasteiger partial charge in [0.15, 0.2) is 5.78 Å². The van der Waals surface area contributed by atoms with Crippen LogP contribution in [0.5, 0.6) is 5.75 Å². The van der Waals surface area contributed by atoms with Gasteiger partial charge in [0.1, 0.15) is 23.4 Å². The number of ether oxygens (including phenoxy) is 1. The van der Waals surface area contributed by atoms with Gasteiger partial charge in [0.2, 0.25) is 0 Å². The third kappa shape index (κ3) is 3.46. The van der Waals surface area contributed by atoms with E-state index in [9.17, 15) is 9.59 Å². The average Bonchev–Trinajstić information content (AvgIpc) is 3.14. The van der Waals surface area contributed by atoms with Gasteiger partial charge in [-0.25, -0.2) is 0 Å². The molecule has 3 aliphatic rings. The number of carbonyl (C=O) groups is 2. The molecule has 8 heteroatoms. The normalized spacial score (nSPS) is 24.1. The Morgan fingerprint density at radius 1 is 1.13 bits per heavy atom. The van der Waals surface area contributed by atoms with E-state index in [2.05, 4.69) is 14.1 Å². The lowest BCUT2D eigenvalue weighted by Gasteiger charge is -2.70. The van der Waals surface area contributed by atoms with Crippen LogP contribution < -0.4 is 10.1 Å². The fourth-order valence-electron chi connectivity index (χ4n) is 4.89. The molecule has 2 bridgehead atoms. The molecule has 1 heterocycles. The standard InChI is InChI=1S/C22H20ClN3O3S/c1-13-6-16(3-4-17(13)23)29-9-15(27)8-21-10-22(11-21,12-21)24-20(28)14-2-5-18-19(7-14)26-30-25-18/h2-7H,8-12H2,1H3,(H,24,28). The molecule has 3 saturated carbocycles. The highest BCUT2D eigenvalue weighted by Crippen LogP contribution is 2.69. The van der Waals surface area contributed by atoms with Gasteiger partial charge in [-0.15, -0.1) is 0 Å². The maximum Gasteiger partial charge on any atom is 0.251 e. The smallest absolute Gasteiger partial charge is 0.251 e. The molecule has 3 aromatic rings. The number of ketones is 1. The van der Waals surface area contributed by atoms with Crippen LogP contribution in [0, 0.1) is 12.3 Å². The number of amides is 1. The van der Waals surface area contributed by atoms with E-state index in [1.54, 1.807) is 24.3 Å². The fourth-order valence-corrected chi connectivity index (χ4v) is 5.53. The molecule has 6 nitrogen and oxygen atoms in total. The van der Waals surface area contributed by atoms with Crippen LogP contribution in [0.4, 0.5) is 0 Å². The summed E-state index contributed by atoms with van der Waals surface area (Å²) < 4.78 is 14.0. The Balaban J connectivity index is 1.11. The van der Waals surface area contributed by atoms with Crippen molar-refractivity contribution >= 4 is 46.1 Å². The largest absolute Gasteiger partial charge is 0.486 e. The molecule has 0 spiro atoms. The minimum atomic E-state index is -0.166. The van der Waals surface area contributed by atoms with E-state index in [4.69, 9.17) is 16.3 Å². The monoisotopic (exact) mass is 441 g/mol. The number of benzene rings is 2. The van der Waals surface area contributed by atoms with Crippen molar-refractivity contribution in [3.05, 3.63) is 52.5 Å². The van der Waals surface area contributed by atoms with Crippen LogP contribution in [0.2, 0.25) is 5.02 Å².